The van der Waals surface area contributed by atoms with E-state index in [0.29, 0.717) is 5.02 Å². The Balaban J connectivity index is 2.24. The Morgan fingerprint density at radius 3 is 2.75 bits per heavy atom. The maximum atomic E-state index is 13.4. The lowest BCUT2D eigenvalue weighted by Gasteiger charge is -2.18. The Bertz CT molecular complexity index is 621. The zero-order valence-corrected chi connectivity index (χ0v) is 13.4. The smallest absolute Gasteiger partial charge is 0.165 e. The predicted molar refractivity (Wildman–Crippen MR) is 84.1 cm³/mol. The van der Waals surface area contributed by atoms with Crippen molar-refractivity contribution in [1.82, 2.24) is 0 Å². The third kappa shape index (κ3) is 3.25. The highest BCUT2D eigenvalue weighted by atomic mass is 79.9. The van der Waals surface area contributed by atoms with Gasteiger partial charge in [0.25, 0.3) is 0 Å². The van der Waals surface area contributed by atoms with E-state index in [1.807, 2.05) is 25.1 Å². The first-order valence-corrected chi connectivity index (χ1v) is 7.24. The molecule has 5 heteroatoms. The first-order valence-electron chi connectivity index (χ1n) is 6.07. The number of ether oxygens (including phenoxy) is 1. The summed E-state index contributed by atoms with van der Waals surface area (Å²) in [6.45, 7) is 1.99. The molecule has 20 heavy (non-hydrogen) atoms. The van der Waals surface area contributed by atoms with Gasteiger partial charge in [0, 0.05) is 6.04 Å². The van der Waals surface area contributed by atoms with E-state index < -0.39 is 0 Å². The molecule has 2 aromatic carbocycles. The Labute approximate surface area is 131 Å². The van der Waals surface area contributed by atoms with Crippen molar-refractivity contribution >= 4 is 33.2 Å². The predicted octanol–water partition coefficient (Wildman–Crippen LogP) is 5.42. The molecule has 0 spiro atoms. The van der Waals surface area contributed by atoms with E-state index in [9.17, 15) is 4.39 Å². The third-order valence-electron chi connectivity index (χ3n) is 3.00. The Morgan fingerprint density at radius 1 is 1.30 bits per heavy atom. The maximum absolute atomic E-state index is 13.4. The Hall–Kier alpha value is -1.26. The highest BCUT2D eigenvalue weighted by Crippen LogP contribution is 2.33. The van der Waals surface area contributed by atoms with E-state index in [-0.39, 0.29) is 17.6 Å². The maximum Gasteiger partial charge on any atom is 0.165 e. The van der Waals surface area contributed by atoms with Crippen LogP contribution in [0.25, 0.3) is 0 Å². The highest BCUT2D eigenvalue weighted by molar-refractivity contribution is 9.10. The van der Waals surface area contributed by atoms with Crippen LogP contribution in [0.15, 0.2) is 40.9 Å². The molecule has 1 N–H and O–H groups in total. The van der Waals surface area contributed by atoms with E-state index in [1.165, 1.54) is 13.2 Å². The lowest BCUT2D eigenvalue weighted by atomic mass is 10.1. The largest absolute Gasteiger partial charge is 0.494 e. The molecule has 106 valence electrons. The van der Waals surface area contributed by atoms with Crippen LogP contribution in [-0.2, 0) is 0 Å². The molecule has 0 radical (unpaired) electrons. The lowest BCUT2D eigenvalue weighted by molar-refractivity contribution is 0.385. The molecular weight excluding hydrogens is 345 g/mol. The fourth-order valence-corrected chi connectivity index (χ4v) is 2.43. The normalized spacial score (nSPS) is 12.1. The average molecular weight is 359 g/mol. The van der Waals surface area contributed by atoms with Gasteiger partial charge in [-0.05, 0) is 52.7 Å². The number of halogens is 3. The zero-order valence-electron chi connectivity index (χ0n) is 11.1. The molecule has 1 unspecified atom stereocenters. The van der Waals surface area contributed by atoms with Crippen LogP contribution in [0.5, 0.6) is 5.75 Å². The third-order valence-corrected chi connectivity index (χ3v) is 4.40. The molecular formula is C15H14BrClFNO. The monoisotopic (exact) mass is 357 g/mol. The van der Waals surface area contributed by atoms with Crippen molar-refractivity contribution in [3.63, 3.8) is 0 Å². The van der Waals surface area contributed by atoms with Crippen LogP contribution in [0.4, 0.5) is 10.1 Å². The Kier molecular flexibility index (Phi) is 4.89. The molecule has 0 aliphatic rings. The van der Waals surface area contributed by atoms with Crippen molar-refractivity contribution in [3.05, 3.63) is 57.3 Å². The standard InChI is InChI=1S/C15H14BrClFNO/c1-9(10-6-7-12(18)14(8-10)20-2)19-13-5-3-4-11(17)15(13)16/h3-9,19H,1-2H3. The van der Waals surface area contributed by atoms with E-state index in [4.69, 9.17) is 16.3 Å². The van der Waals surface area contributed by atoms with Gasteiger partial charge in [0.1, 0.15) is 0 Å². The van der Waals surface area contributed by atoms with Crippen LogP contribution in [-0.4, -0.2) is 7.11 Å². The van der Waals surface area contributed by atoms with E-state index in [0.717, 1.165) is 15.7 Å². The molecule has 0 heterocycles. The number of nitrogens with one attached hydrogen (secondary N) is 1. The van der Waals surface area contributed by atoms with E-state index in [2.05, 4.69) is 21.2 Å². The van der Waals surface area contributed by atoms with Gasteiger partial charge >= 0.3 is 0 Å². The summed E-state index contributed by atoms with van der Waals surface area (Å²) in [6.07, 6.45) is 0. The molecule has 0 aromatic heterocycles. The van der Waals surface area contributed by atoms with E-state index in [1.54, 1.807) is 12.1 Å². The van der Waals surface area contributed by atoms with Crippen LogP contribution >= 0.6 is 27.5 Å². The molecule has 0 fully saturated rings. The van der Waals surface area contributed by atoms with Gasteiger partial charge in [0.15, 0.2) is 11.6 Å². The molecule has 0 saturated heterocycles. The number of benzene rings is 2. The number of hydrogen-bond acceptors (Lipinski definition) is 2. The van der Waals surface area contributed by atoms with Crippen molar-refractivity contribution in [2.24, 2.45) is 0 Å². The molecule has 0 aliphatic carbocycles. The van der Waals surface area contributed by atoms with Gasteiger partial charge in [0.05, 0.1) is 22.3 Å². The summed E-state index contributed by atoms with van der Waals surface area (Å²) in [5.41, 5.74) is 1.81. The number of methoxy groups -OCH3 is 1. The van der Waals surface area contributed by atoms with Gasteiger partial charge in [0.2, 0.25) is 0 Å². The summed E-state index contributed by atoms with van der Waals surface area (Å²) in [6, 6.07) is 10.4. The van der Waals surface area contributed by atoms with Crippen LogP contribution in [0.2, 0.25) is 5.02 Å². The van der Waals surface area contributed by atoms with Crippen LogP contribution in [0, 0.1) is 5.82 Å². The average Bonchev–Trinajstić information content (AvgIpc) is 2.44. The summed E-state index contributed by atoms with van der Waals surface area (Å²) < 4.78 is 19.2. The van der Waals surface area contributed by atoms with Crippen LogP contribution in [0.3, 0.4) is 0 Å². The molecule has 0 aliphatic heterocycles. The van der Waals surface area contributed by atoms with Crippen LogP contribution in [0.1, 0.15) is 18.5 Å². The first kappa shape index (κ1) is 15.1. The number of anilines is 1. The number of hydrogen-bond donors (Lipinski definition) is 1. The van der Waals surface area contributed by atoms with Crippen molar-refractivity contribution in [2.75, 3.05) is 12.4 Å². The first-order chi connectivity index (χ1) is 9.52. The summed E-state index contributed by atoms with van der Waals surface area (Å²) in [5, 5.41) is 3.97. The minimum atomic E-state index is -0.368. The summed E-state index contributed by atoms with van der Waals surface area (Å²) in [4.78, 5) is 0. The van der Waals surface area contributed by atoms with Crippen molar-refractivity contribution in [1.29, 1.82) is 0 Å². The summed E-state index contributed by atoms with van der Waals surface area (Å²) >= 11 is 9.50. The van der Waals surface area contributed by atoms with Gasteiger partial charge in [-0.1, -0.05) is 23.7 Å². The minimum Gasteiger partial charge on any atom is -0.494 e. The van der Waals surface area contributed by atoms with Gasteiger partial charge in [-0.3, -0.25) is 0 Å². The molecule has 0 bridgehead atoms. The second-order valence-corrected chi connectivity index (χ2v) is 5.56. The summed E-state index contributed by atoms with van der Waals surface area (Å²) in [5.74, 6) is -0.131. The molecule has 2 nitrogen and oxygen atoms in total. The van der Waals surface area contributed by atoms with Crippen molar-refractivity contribution in [2.45, 2.75) is 13.0 Å². The fraction of sp³-hybridized carbons (Fsp3) is 0.200. The lowest BCUT2D eigenvalue weighted by Crippen LogP contribution is -2.07. The van der Waals surface area contributed by atoms with Crippen molar-refractivity contribution < 1.29 is 9.13 Å². The van der Waals surface area contributed by atoms with Gasteiger partial charge in [-0.25, -0.2) is 4.39 Å². The summed E-state index contributed by atoms with van der Waals surface area (Å²) in [7, 11) is 1.45. The number of rotatable bonds is 4. The Morgan fingerprint density at radius 2 is 2.05 bits per heavy atom. The minimum absolute atomic E-state index is 0.0146. The zero-order chi connectivity index (χ0) is 14.7. The van der Waals surface area contributed by atoms with Gasteiger partial charge in [-0.2, -0.15) is 0 Å². The molecule has 2 rings (SSSR count). The topological polar surface area (TPSA) is 21.3 Å². The fourth-order valence-electron chi connectivity index (χ4n) is 1.88. The van der Waals surface area contributed by atoms with Gasteiger partial charge < -0.3 is 10.1 Å². The molecule has 0 amide bonds. The molecule has 0 saturated carbocycles. The quantitative estimate of drug-likeness (QED) is 0.787. The molecule has 1 atom stereocenters. The van der Waals surface area contributed by atoms with Crippen LogP contribution < -0.4 is 10.1 Å². The van der Waals surface area contributed by atoms with E-state index >= 15 is 0 Å². The second-order valence-electron chi connectivity index (χ2n) is 4.36. The highest BCUT2D eigenvalue weighted by Gasteiger charge is 2.11. The second kappa shape index (κ2) is 6.46. The van der Waals surface area contributed by atoms with Gasteiger partial charge in [-0.15, -0.1) is 0 Å². The molecule has 2 aromatic rings. The SMILES string of the molecule is COc1cc(C(C)Nc2cccc(Cl)c2Br)ccc1F. The van der Waals surface area contributed by atoms with Crippen molar-refractivity contribution in [3.8, 4) is 5.75 Å².